The van der Waals surface area contributed by atoms with Gasteiger partial charge in [0.15, 0.2) is 0 Å². The van der Waals surface area contributed by atoms with Gasteiger partial charge >= 0.3 is 6.03 Å². The van der Waals surface area contributed by atoms with Gasteiger partial charge in [-0.1, -0.05) is 58.8 Å². The minimum Gasteiger partial charge on any atom is -0.363 e. The van der Waals surface area contributed by atoms with Gasteiger partial charge in [-0.3, -0.25) is 19.2 Å². The molecule has 0 bridgehead atoms. The zero-order valence-corrected chi connectivity index (χ0v) is 26.2. The van der Waals surface area contributed by atoms with Crippen LogP contribution in [-0.4, -0.2) is 76.1 Å². The van der Waals surface area contributed by atoms with Crippen LogP contribution in [0.25, 0.3) is 0 Å². The lowest BCUT2D eigenvalue weighted by Crippen LogP contribution is -2.60. The molecule has 41 heavy (non-hydrogen) atoms. The van der Waals surface area contributed by atoms with Gasteiger partial charge in [0, 0.05) is 18.6 Å². The summed E-state index contributed by atoms with van der Waals surface area (Å²) in [7, 11) is 0. The summed E-state index contributed by atoms with van der Waals surface area (Å²) in [5.74, 6) is -2.25. The van der Waals surface area contributed by atoms with Crippen LogP contribution in [0.15, 0.2) is 0 Å². The fourth-order valence-electron chi connectivity index (χ4n) is 6.34. The molecule has 3 rings (SSSR count). The van der Waals surface area contributed by atoms with Gasteiger partial charge in [-0.2, -0.15) is 0 Å². The number of amides is 5. The monoisotopic (exact) mass is 577 g/mol. The molecule has 1 heterocycles. The highest BCUT2D eigenvalue weighted by Crippen LogP contribution is 2.32. The number of nitrogens with one attached hydrogen (secondary N) is 2. The SMILES string of the molecule is CC(C)N(C(=O)N[C@H](C(=O)N1CCCC1C(=O)NC(CC1CCC1)C(=O)C(N)=O)C1CCCCC1)C(C)C.CCC. The zero-order chi connectivity index (χ0) is 30.7. The number of primary amides is 1. The molecule has 2 aliphatic carbocycles. The number of carbonyl (C=O) groups is 5. The number of rotatable bonds is 11. The Balaban J connectivity index is 0.00000187. The van der Waals surface area contributed by atoms with Crippen LogP contribution < -0.4 is 16.4 Å². The summed E-state index contributed by atoms with van der Waals surface area (Å²) < 4.78 is 0. The van der Waals surface area contributed by atoms with Gasteiger partial charge in [0.05, 0.1) is 6.04 Å². The molecule has 0 radical (unpaired) electrons. The van der Waals surface area contributed by atoms with Gasteiger partial charge in [-0.15, -0.1) is 0 Å². The summed E-state index contributed by atoms with van der Waals surface area (Å²) in [6.45, 7) is 12.5. The summed E-state index contributed by atoms with van der Waals surface area (Å²) in [4.78, 5) is 68.1. The molecule has 0 aromatic carbocycles. The van der Waals surface area contributed by atoms with Crippen LogP contribution in [-0.2, 0) is 19.2 Å². The number of nitrogens with two attached hydrogens (primary N) is 1. The van der Waals surface area contributed by atoms with E-state index in [1.54, 1.807) is 9.80 Å². The molecule has 4 N–H and O–H groups in total. The molecule has 3 atom stereocenters. The van der Waals surface area contributed by atoms with Crippen molar-refractivity contribution in [2.45, 2.75) is 149 Å². The van der Waals surface area contributed by atoms with E-state index in [4.69, 9.17) is 5.73 Å². The molecule has 3 aliphatic rings. The summed E-state index contributed by atoms with van der Waals surface area (Å²) in [6.07, 6.45) is 10.6. The molecule has 3 fully saturated rings. The topological polar surface area (TPSA) is 142 Å². The molecule has 2 saturated carbocycles. The Bertz CT molecular complexity index is 889. The smallest absolute Gasteiger partial charge is 0.318 e. The summed E-state index contributed by atoms with van der Waals surface area (Å²) in [6, 6.07) is -2.76. The van der Waals surface area contributed by atoms with Crippen LogP contribution in [0.3, 0.4) is 0 Å². The number of carbonyl (C=O) groups excluding carboxylic acids is 5. The van der Waals surface area contributed by atoms with Crippen LogP contribution in [0.5, 0.6) is 0 Å². The Kier molecular flexibility index (Phi) is 14.1. The molecule has 234 valence electrons. The van der Waals surface area contributed by atoms with Crippen LogP contribution in [0, 0.1) is 11.8 Å². The fourth-order valence-corrected chi connectivity index (χ4v) is 6.34. The van der Waals surface area contributed by atoms with E-state index in [9.17, 15) is 24.0 Å². The number of ketones is 1. The number of urea groups is 1. The first-order chi connectivity index (χ1) is 19.4. The molecular formula is C31H55N5O5. The molecule has 0 aromatic rings. The number of hydrogen-bond donors (Lipinski definition) is 3. The second-order valence-corrected chi connectivity index (χ2v) is 12.6. The van der Waals surface area contributed by atoms with Crippen molar-refractivity contribution in [3.63, 3.8) is 0 Å². The van der Waals surface area contributed by atoms with Crippen molar-refractivity contribution in [2.75, 3.05) is 6.54 Å². The predicted octanol–water partition coefficient (Wildman–Crippen LogP) is 3.90. The molecule has 1 aliphatic heterocycles. The van der Waals surface area contributed by atoms with E-state index in [2.05, 4.69) is 24.5 Å². The Labute approximate surface area is 246 Å². The van der Waals surface area contributed by atoms with Gasteiger partial charge < -0.3 is 26.2 Å². The zero-order valence-electron chi connectivity index (χ0n) is 26.2. The van der Waals surface area contributed by atoms with Crippen molar-refractivity contribution in [1.29, 1.82) is 0 Å². The van der Waals surface area contributed by atoms with E-state index >= 15 is 0 Å². The van der Waals surface area contributed by atoms with Crippen molar-refractivity contribution in [2.24, 2.45) is 17.6 Å². The predicted molar refractivity (Wildman–Crippen MR) is 160 cm³/mol. The summed E-state index contributed by atoms with van der Waals surface area (Å²) in [5, 5.41) is 5.80. The number of likely N-dealkylation sites (tertiary alicyclic amines) is 1. The van der Waals surface area contributed by atoms with Crippen molar-refractivity contribution in [1.82, 2.24) is 20.4 Å². The van der Waals surface area contributed by atoms with Crippen molar-refractivity contribution < 1.29 is 24.0 Å². The quantitative estimate of drug-likeness (QED) is 0.319. The number of Topliss-reactive ketones (excluding diaryl/α,β-unsaturated/α-hetero) is 1. The van der Waals surface area contributed by atoms with Crippen LogP contribution >= 0.6 is 0 Å². The van der Waals surface area contributed by atoms with Crippen LogP contribution in [0.2, 0.25) is 0 Å². The van der Waals surface area contributed by atoms with E-state index in [0.29, 0.717) is 25.8 Å². The normalized spacial score (nSPS) is 20.9. The van der Waals surface area contributed by atoms with E-state index in [1.807, 2.05) is 27.7 Å². The molecule has 10 nitrogen and oxygen atoms in total. The van der Waals surface area contributed by atoms with Gasteiger partial charge in [0.2, 0.25) is 17.6 Å². The Morgan fingerprint density at radius 2 is 1.41 bits per heavy atom. The molecule has 1 saturated heterocycles. The average molecular weight is 578 g/mol. The first-order valence-corrected chi connectivity index (χ1v) is 16.0. The average Bonchev–Trinajstić information content (AvgIpc) is 3.38. The highest BCUT2D eigenvalue weighted by molar-refractivity contribution is 6.37. The Morgan fingerprint density at radius 3 is 1.90 bits per heavy atom. The van der Waals surface area contributed by atoms with E-state index in [-0.39, 0.29) is 35.9 Å². The highest BCUT2D eigenvalue weighted by atomic mass is 16.2. The van der Waals surface area contributed by atoms with E-state index < -0.39 is 35.7 Å². The molecule has 0 spiro atoms. The molecule has 10 heteroatoms. The van der Waals surface area contributed by atoms with Crippen molar-refractivity contribution in [3.8, 4) is 0 Å². The maximum Gasteiger partial charge on any atom is 0.318 e. The van der Waals surface area contributed by atoms with Crippen LogP contribution in [0.4, 0.5) is 4.79 Å². The summed E-state index contributed by atoms with van der Waals surface area (Å²) in [5.41, 5.74) is 5.26. The van der Waals surface area contributed by atoms with Crippen molar-refractivity contribution in [3.05, 3.63) is 0 Å². The number of hydrogen-bond acceptors (Lipinski definition) is 5. The lowest BCUT2D eigenvalue weighted by Gasteiger charge is -2.38. The third kappa shape index (κ3) is 9.70. The first-order valence-electron chi connectivity index (χ1n) is 16.0. The largest absolute Gasteiger partial charge is 0.363 e. The van der Waals surface area contributed by atoms with E-state index in [0.717, 1.165) is 51.4 Å². The third-order valence-corrected chi connectivity index (χ3v) is 8.52. The molecule has 5 amide bonds. The molecule has 0 aromatic heterocycles. The van der Waals surface area contributed by atoms with Gasteiger partial charge in [-0.25, -0.2) is 4.79 Å². The number of nitrogens with zero attached hydrogens (tertiary/aromatic N) is 2. The van der Waals surface area contributed by atoms with Gasteiger partial charge in [-0.05, 0) is 71.6 Å². The second-order valence-electron chi connectivity index (χ2n) is 12.6. The van der Waals surface area contributed by atoms with Gasteiger partial charge in [0.1, 0.15) is 12.1 Å². The Hall–Kier alpha value is -2.65. The standard InChI is InChI=1S/C28H47N5O5.C3H8/c1-17(2)33(18(3)4)28(38)31-23(20-12-6-5-7-13-20)27(37)32-15-9-14-22(32)26(36)30-21(24(34)25(29)35)16-19-10-8-11-19;1-3-2/h17-23H,5-16H2,1-4H3,(H2,29,35)(H,30,36)(H,31,38);3H2,1-2H3/t21?,22?,23-;/m0./s1. The Morgan fingerprint density at radius 1 is 0.829 bits per heavy atom. The van der Waals surface area contributed by atoms with Gasteiger partial charge in [0.25, 0.3) is 5.91 Å². The highest BCUT2D eigenvalue weighted by Gasteiger charge is 2.42. The minimum atomic E-state index is -1.06. The fraction of sp³-hybridized carbons (Fsp3) is 0.839. The van der Waals surface area contributed by atoms with Crippen LogP contribution in [0.1, 0.15) is 119 Å². The first kappa shape index (κ1) is 34.6. The molecular weight excluding hydrogens is 522 g/mol. The minimum absolute atomic E-state index is 0.00786. The summed E-state index contributed by atoms with van der Waals surface area (Å²) >= 11 is 0. The molecule has 2 unspecified atom stereocenters. The maximum atomic E-state index is 14.0. The maximum absolute atomic E-state index is 14.0. The van der Waals surface area contributed by atoms with E-state index in [1.165, 1.54) is 6.42 Å². The lowest BCUT2D eigenvalue weighted by molar-refractivity contribution is -0.143. The second kappa shape index (κ2) is 16.7. The third-order valence-electron chi connectivity index (χ3n) is 8.52. The van der Waals surface area contributed by atoms with Crippen molar-refractivity contribution >= 4 is 29.5 Å². The lowest BCUT2D eigenvalue weighted by atomic mass is 9.80.